The summed E-state index contributed by atoms with van der Waals surface area (Å²) in [5.41, 5.74) is -21.9. The van der Waals surface area contributed by atoms with E-state index in [2.05, 4.69) is 5.32 Å². The fourth-order valence-corrected chi connectivity index (χ4v) is 7.34. The van der Waals surface area contributed by atoms with Gasteiger partial charge in [-0.2, -0.15) is 52.7 Å². The molecule has 0 radical (unpaired) electrons. The molecule has 0 saturated carbocycles. The largest absolute Gasteiger partial charge is 0.478 e. The smallest absolute Gasteiger partial charge is 0.417 e. The van der Waals surface area contributed by atoms with Crippen LogP contribution < -0.4 is 10.6 Å². The molecule has 0 aliphatic rings. The fraction of sp³-hybridized carbons (Fsp3) is 0.378. The number of alkyl halides is 12. The van der Waals surface area contributed by atoms with Crippen LogP contribution in [-0.4, -0.2) is 51.7 Å². The van der Waals surface area contributed by atoms with Crippen molar-refractivity contribution in [2.24, 2.45) is 5.41 Å². The Kier molecular flexibility index (Phi) is 14.3. The van der Waals surface area contributed by atoms with E-state index in [4.69, 9.17) is 0 Å². The lowest BCUT2D eigenvalue weighted by Crippen LogP contribution is -2.55. The SMILES string of the molecule is CCC(C)(CC)Nc1ccc(-c2ccc(NC(=O)c3cc(C(c4ccc(C(=O)O)c(C(=O)C(C)(CC)CC)c4)(C(F)(F)F)C(F)(F)F)ccc3C(=O)O)cc2C(F)(F)F)c(C(F)(F)F)c1. The minimum atomic E-state index is -6.44. The molecule has 4 rings (SSSR count). The van der Waals surface area contributed by atoms with E-state index >= 15 is 26.3 Å². The number of anilines is 2. The first kappa shape index (κ1) is 51.6. The second kappa shape index (κ2) is 18.1. The summed E-state index contributed by atoms with van der Waals surface area (Å²) >= 11 is 0. The summed E-state index contributed by atoms with van der Waals surface area (Å²) in [4.78, 5) is 51.7. The Hall–Kier alpha value is -6.08. The minimum absolute atomic E-state index is 0.0190. The Bertz CT molecular complexity index is 2470. The summed E-state index contributed by atoms with van der Waals surface area (Å²) in [7, 11) is 0. The van der Waals surface area contributed by atoms with Gasteiger partial charge in [0.2, 0.25) is 5.41 Å². The molecule has 20 heteroatoms. The molecule has 0 saturated heterocycles. The quantitative estimate of drug-likeness (QED) is 0.0689. The predicted molar refractivity (Wildman–Crippen MR) is 215 cm³/mol. The van der Waals surface area contributed by atoms with Gasteiger partial charge < -0.3 is 20.8 Å². The van der Waals surface area contributed by atoms with Crippen LogP contribution >= 0.6 is 0 Å². The number of aromatic carboxylic acids is 2. The number of hydrogen-bond acceptors (Lipinski definition) is 5. The number of benzene rings is 4. The average Bonchev–Trinajstić information content (AvgIpc) is 3.21. The third kappa shape index (κ3) is 9.95. The second-order valence-electron chi connectivity index (χ2n) is 15.8. The van der Waals surface area contributed by atoms with Crippen LogP contribution in [-0.2, 0) is 17.8 Å². The van der Waals surface area contributed by atoms with E-state index in [1.807, 2.05) is 0 Å². The van der Waals surface area contributed by atoms with Crippen LogP contribution in [0.3, 0.4) is 0 Å². The molecule has 0 aliphatic heterocycles. The van der Waals surface area contributed by atoms with Gasteiger partial charge in [0.05, 0.1) is 27.8 Å². The molecule has 0 heterocycles. The topological polar surface area (TPSA) is 133 Å². The number of Topliss-reactive ketones (excluding diaryl/α,β-unsaturated/α-hetero) is 1. The van der Waals surface area contributed by atoms with Crippen LogP contribution in [0.1, 0.15) is 131 Å². The maximum Gasteiger partial charge on any atom is 0.417 e. The van der Waals surface area contributed by atoms with Gasteiger partial charge in [-0.15, -0.1) is 0 Å². The van der Waals surface area contributed by atoms with Crippen molar-refractivity contribution in [3.05, 3.63) is 117 Å². The Balaban J connectivity index is 1.97. The molecule has 0 atom stereocenters. The zero-order chi connectivity index (χ0) is 49.5. The van der Waals surface area contributed by atoms with Gasteiger partial charge in [0.15, 0.2) is 5.78 Å². The molecule has 0 bridgehead atoms. The van der Waals surface area contributed by atoms with Crippen molar-refractivity contribution in [3.8, 4) is 11.1 Å². The normalized spacial score (nSPS) is 13.1. The maximum atomic E-state index is 15.4. The molecule has 8 nitrogen and oxygen atoms in total. The highest BCUT2D eigenvalue weighted by Gasteiger charge is 2.73. The number of nitrogens with one attached hydrogen (secondary N) is 2. The van der Waals surface area contributed by atoms with E-state index in [0.29, 0.717) is 37.1 Å². The lowest BCUT2D eigenvalue weighted by Gasteiger charge is -2.39. The fourth-order valence-electron chi connectivity index (χ4n) is 7.34. The van der Waals surface area contributed by atoms with Gasteiger partial charge in [-0.25, -0.2) is 9.59 Å². The number of carbonyl (C=O) groups excluding carboxylic acids is 2. The monoisotopic (exact) mass is 934 g/mol. The number of rotatable bonds is 15. The van der Waals surface area contributed by atoms with Crippen LogP contribution in [0.4, 0.5) is 64.1 Å². The van der Waals surface area contributed by atoms with Crippen LogP contribution in [0.15, 0.2) is 72.8 Å². The van der Waals surface area contributed by atoms with Crippen molar-refractivity contribution in [3.63, 3.8) is 0 Å². The molecular formula is C45H42F12N2O6. The highest BCUT2D eigenvalue weighted by Crippen LogP contribution is 2.57. The van der Waals surface area contributed by atoms with Crippen molar-refractivity contribution in [2.45, 2.75) is 103 Å². The maximum absolute atomic E-state index is 15.4. The summed E-state index contributed by atoms with van der Waals surface area (Å²) in [5, 5.41) is 24.4. The van der Waals surface area contributed by atoms with Crippen LogP contribution in [0.5, 0.6) is 0 Å². The van der Waals surface area contributed by atoms with Gasteiger partial charge in [-0.05, 0) is 103 Å². The molecular weight excluding hydrogens is 892 g/mol. The standard InChI is InChI=1S/C45H42F12N2O6/c1-7-39(5,8-2)35(60)31-19-23(11-15-29(31)37(62)63)41(44(52,53)54,45(55,56)57)24-12-16-30(38(64)65)32(20-24)36(61)58-25-13-17-27(33(21-25)42(46,47)48)28-18-14-26(22-34(28)43(49,50)51)59-40(6,9-3)10-4/h11-22,59H,7-10H2,1-6H3,(H,58,61)(H,62,63)(H,64,65). The number of carboxylic acids is 2. The van der Waals surface area contributed by atoms with Crippen molar-refractivity contribution >= 4 is 35.0 Å². The summed E-state index contributed by atoms with van der Waals surface area (Å²) in [5.74, 6) is -6.93. The highest BCUT2D eigenvalue weighted by atomic mass is 19.4. The van der Waals surface area contributed by atoms with Crippen LogP contribution in [0.2, 0.25) is 0 Å². The van der Waals surface area contributed by atoms with E-state index in [1.54, 1.807) is 26.1 Å². The summed E-state index contributed by atoms with van der Waals surface area (Å²) < 4.78 is 180. The van der Waals surface area contributed by atoms with E-state index in [9.17, 15) is 55.7 Å². The van der Waals surface area contributed by atoms with Crippen molar-refractivity contribution in [1.29, 1.82) is 0 Å². The zero-order valence-corrected chi connectivity index (χ0v) is 35.3. The number of amides is 1. The number of carboxylic acid groups (broad SMARTS) is 2. The first-order valence-corrected chi connectivity index (χ1v) is 19.7. The molecule has 352 valence electrons. The van der Waals surface area contributed by atoms with Gasteiger partial charge in [0.1, 0.15) is 0 Å². The highest BCUT2D eigenvalue weighted by molar-refractivity contribution is 6.11. The molecule has 0 aromatic heterocycles. The molecule has 0 spiro atoms. The minimum Gasteiger partial charge on any atom is -0.478 e. The summed E-state index contributed by atoms with van der Waals surface area (Å²) in [6, 6.07) is 4.67. The van der Waals surface area contributed by atoms with Gasteiger partial charge in [-0.1, -0.05) is 58.9 Å². The molecule has 4 aromatic carbocycles. The van der Waals surface area contributed by atoms with E-state index in [-0.39, 0.29) is 54.9 Å². The van der Waals surface area contributed by atoms with Gasteiger partial charge in [0.25, 0.3) is 5.91 Å². The molecule has 0 fully saturated rings. The second-order valence-corrected chi connectivity index (χ2v) is 15.8. The average molecular weight is 935 g/mol. The molecule has 1 amide bonds. The Labute approximate surface area is 364 Å². The summed E-state index contributed by atoms with van der Waals surface area (Å²) in [6.07, 6.45) is -22.7. The first-order valence-electron chi connectivity index (χ1n) is 19.7. The predicted octanol–water partition coefficient (Wildman–Crippen LogP) is 13.5. The molecule has 0 aliphatic carbocycles. The first-order chi connectivity index (χ1) is 29.8. The molecule has 4 N–H and O–H groups in total. The number of hydrogen-bond donors (Lipinski definition) is 4. The van der Waals surface area contributed by atoms with Crippen molar-refractivity contribution < 1.29 is 82.1 Å². The van der Waals surface area contributed by atoms with E-state index in [1.165, 1.54) is 20.8 Å². The molecule has 0 unspecified atom stereocenters. The number of carbonyl (C=O) groups is 4. The van der Waals surface area contributed by atoms with Crippen LogP contribution in [0.25, 0.3) is 11.1 Å². The van der Waals surface area contributed by atoms with Gasteiger partial charge in [0, 0.05) is 27.9 Å². The van der Waals surface area contributed by atoms with Gasteiger partial charge >= 0.3 is 36.6 Å². The lowest BCUT2D eigenvalue weighted by molar-refractivity contribution is -0.288. The Morgan fingerprint density at radius 3 is 1.29 bits per heavy atom. The van der Waals surface area contributed by atoms with Crippen molar-refractivity contribution in [2.75, 3.05) is 10.6 Å². The van der Waals surface area contributed by atoms with Crippen molar-refractivity contribution in [1.82, 2.24) is 0 Å². The zero-order valence-electron chi connectivity index (χ0n) is 35.3. The number of ketones is 1. The third-order valence-corrected chi connectivity index (χ3v) is 12.0. The molecule has 65 heavy (non-hydrogen) atoms. The lowest BCUT2D eigenvalue weighted by atomic mass is 9.70. The summed E-state index contributed by atoms with van der Waals surface area (Å²) in [6.45, 7) is 9.53. The Morgan fingerprint density at radius 1 is 0.508 bits per heavy atom. The van der Waals surface area contributed by atoms with E-state index in [0.717, 1.165) is 12.1 Å². The third-order valence-electron chi connectivity index (χ3n) is 12.0. The van der Waals surface area contributed by atoms with Crippen LogP contribution in [0, 0.1) is 5.41 Å². The van der Waals surface area contributed by atoms with E-state index < -0.39 is 126 Å². The molecule has 4 aromatic rings. The Morgan fingerprint density at radius 2 is 0.908 bits per heavy atom. The number of halogens is 12. The van der Waals surface area contributed by atoms with Gasteiger partial charge in [-0.3, -0.25) is 9.59 Å².